The van der Waals surface area contributed by atoms with Crippen LogP contribution >= 0.6 is 0 Å². The third kappa shape index (κ3) is 4.23. The quantitative estimate of drug-likeness (QED) is 0.630. The summed E-state index contributed by atoms with van der Waals surface area (Å²) in [7, 11) is 1.50. The Morgan fingerprint density at radius 2 is 1.82 bits per heavy atom. The summed E-state index contributed by atoms with van der Waals surface area (Å²) in [6.45, 7) is 7.08. The molecule has 0 aliphatic carbocycles. The monoisotopic (exact) mass is 380 g/mol. The predicted molar refractivity (Wildman–Crippen MR) is 110 cm³/mol. The van der Waals surface area contributed by atoms with Crippen molar-refractivity contribution in [2.24, 2.45) is 0 Å². The maximum Gasteiger partial charge on any atom is 0.349 e. The third-order valence-electron chi connectivity index (χ3n) is 4.70. The molecule has 0 saturated heterocycles. The van der Waals surface area contributed by atoms with Gasteiger partial charge in [-0.05, 0) is 42.9 Å². The summed E-state index contributed by atoms with van der Waals surface area (Å²) < 4.78 is 10.5. The second kappa shape index (κ2) is 8.71. The van der Waals surface area contributed by atoms with Crippen LogP contribution in [-0.4, -0.2) is 31.0 Å². The zero-order valence-corrected chi connectivity index (χ0v) is 16.3. The molecule has 2 aromatic carbocycles. The molecule has 3 rings (SSSR count). The van der Waals surface area contributed by atoms with Crippen molar-refractivity contribution < 1.29 is 13.9 Å². The lowest BCUT2D eigenvalue weighted by Gasteiger charge is -2.18. The highest BCUT2D eigenvalue weighted by Crippen LogP contribution is 2.24. The van der Waals surface area contributed by atoms with Crippen molar-refractivity contribution in [2.75, 3.05) is 25.5 Å². The second-order valence-electron chi connectivity index (χ2n) is 6.44. The Kier molecular flexibility index (Phi) is 6.11. The number of methoxy groups -OCH3 is 1. The fourth-order valence-corrected chi connectivity index (χ4v) is 3.03. The summed E-state index contributed by atoms with van der Waals surface area (Å²) >= 11 is 0. The zero-order valence-electron chi connectivity index (χ0n) is 16.3. The number of hydrogen-bond acceptors (Lipinski definition) is 5. The molecule has 0 saturated carbocycles. The number of nitrogens with zero attached hydrogens (tertiary/aromatic N) is 1. The molecule has 0 atom stereocenters. The Bertz CT molecular complexity index is 1020. The van der Waals surface area contributed by atoms with Gasteiger partial charge >= 0.3 is 5.63 Å². The highest BCUT2D eigenvalue weighted by atomic mass is 16.5. The third-order valence-corrected chi connectivity index (χ3v) is 4.70. The lowest BCUT2D eigenvalue weighted by atomic mass is 10.1. The minimum atomic E-state index is -0.701. The van der Waals surface area contributed by atoms with Crippen LogP contribution in [0.15, 0.2) is 57.7 Å². The second-order valence-corrected chi connectivity index (χ2v) is 6.44. The average Bonchev–Trinajstić information content (AvgIpc) is 2.72. The van der Waals surface area contributed by atoms with Gasteiger partial charge in [-0.1, -0.05) is 38.1 Å². The highest BCUT2D eigenvalue weighted by molar-refractivity contribution is 6.05. The van der Waals surface area contributed by atoms with Crippen LogP contribution in [0.5, 0.6) is 5.75 Å². The van der Waals surface area contributed by atoms with Crippen molar-refractivity contribution in [3.05, 3.63) is 70.1 Å². The summed E-state index contributed by atoms with van der Waals surface area (Å²) in [6.07, 6.45) is 0. The SMILES string of the molecule is CCN(CC)Cc1ccc(NC(=O)c2cc3cccc(OC)c3oc2=O)cc1. The molecule has 3 aromatic rings. The molecule has 0 spiro atoms. The molecule has 0 bridgehead atoms. The number of fused-ring (bicyclic) bond motifs is 1. The molecule has 0 fully saturated rings. The average molecular weight is 380 g/mol. The number of hydrogen-bond donors (Lipinski definition) is 1. The van der Waals surface area contributed by atoms with E-state index in [1.165, 1.54) is 18.7 Å². The van der Waals surface area contributed by atoms with Crippen molar-refractivity contribution in [3.63, 3.8) is 0 Å². The van der Waals surface area contributed by atoms with Gasteiger partial charge < -0.3 is 14.5 Å². The van der Waals surface area contributed by atoms with E-state index in [-0.39, 0.29) is 5.56 Å². The molecule has 0 aliphatic heterocycles. The molecule has 6 nitrogen and oxygen atoms in total. The number of ether oxygens (including phenoxy) is 1. The van der Waals surface area contributed by atoms with E-state index in [4.69, 9.17) is 9.15 Å². The molecule has 1 N–H and O–H groups in total. The first kappa shape index (κ1) is 19.6. The van der Waals surface area contributed by atoms with Gasteiger partial charge in [-0.2, -0.15) is 0 Å². The Morgan fingerprint density at radius 3 is 2.46 bits per heavy atom. The standard InChI is InChI=1S/C22H24N2O4/c1-4-24(5-2)14-15-9-11-17(12-10-15)23-21(25)18-13-16-7-6-8-19(27-3)20(16)28-22(18)26/h6-13H,4-5,14H2,1-3H3,(H,23,25). The van der Waals surface area contributed by atoms with Crippen LogP contribution < -0.4 is 15.7 Å². The highest BCUT2D eigenvalue weighted by Gasteiger charge is 2.16. The van der Waals surface area contributed by atoms with Crippen LogP contribution in [0.2, 0.25) is 0 Å². The molecule has 1 amide bonds. The Morgan fingerprint density at radius 1 is 1.11 bits per heavy atom. The number of carbonyl (C=O) groups is 1. The van der Waals surface area contributed by atoms with Crippen LogP contribution in [0.4, 0.5) is 5.69 Å². The number of benzene rings is 2. The summed E-state index contributed by atoms with van der Waals surface area (Å²) in [6, 6.07) is 14.4. The Balaban J connectivity index is 1.79. The van der Waals surface area contributed by atoms with Gasteiger partial charge in [-0.25, -0.2) is 4.79 Å². The van der Waals surface area contributed by atoms with Crippen molar-refractivity contribution in [2.45, 2.75) is 20.4 Å². The van der Waals surface area contributed by atoms with Crippen LogP contribution in [-0.2, 0) is 6.54 Å². The number of carbonyl (C=O) groups excluding carboxylic acids is 1. The number of anilines is 1. The molecule has 1 heterocycles. The largest absolute Gasteiger partial charge is 0.493 e. The van der Waals surface area contributed by atoms with Gasteiger partial charge in [0.15, 0.2) is 11.3 Å². The van der Waals surface area contributed by atoms with Gasteiger partial charge in [-0.3, -0.25) is 9.69 Å². The fourth-order valence-electron chi connectivity index (χ4n) is 3.03. The first-order valence-corrected chi connectivity index (χ1v) is 9.29. The van der Waals surface area contributed by atoms with Crippen LogP contribution in [0.3, 0.4) is 0 Å². The first-order valence-electron chi connectivity index (χ1n) is 9.29. The van der Waals surface area contributed by atoms with Crippen molar-refractivity contribution in [1.29, 1.82) is 0 Å². The van der Waals surface area contributed by atoms with Crippen molar-refractivity contribution in [1.82, 2.24) is 4.90 Å². The molecule has 0 aliphatic rings. The zero-order chi connectivity index (χ0) is 20.1. The van der Waals surface area contributed by atoms with Gasteiger partial charge in [0.05, 0.1) is 7.11 Å². The molecule has 28 heavy (non-hydrogen) atoms. The van der Waals surface area contributed by atoms with E-state index in [0.29, 0.717) is 22.4 Å². The fraction of sp³-hybridized carbons (Fsp3) is 0.273. The first-order chi connectivity index (χ1) is 13.5. The molecular formula is C22H24N2O4. The minimum absolute atomic E-state index is 0.0482. The molecule has 1 aromatic heterocycles. The van der Waals surface area contributed by atoms with E-state index >= 15 is 0 Å². The van der Waals surface area contributed by atoms with E-state index in [9.17, 15) is 9.59 Å². The van der Waals surface area contributed by atoms with Crippen molar-refractivity contribution >= 4 is 22.6 Å². The topological polar surface area (TPSA) is 71.8 Å². The Hall–Kier alpha value is -3.12. The molecule has 6 heteroatoms. The molecule has 146 valence electrons. The lowest BCUT2D eigenvalue weighted by Crippen LogP contribution is -2.22. The van der Waals surface area contributed by atoms with Crippen LogP contribution in [0, 0.1) is 0 Å². The minimum Gasteiger partial charge on any atom is -0.493 e. The van der Waals surface area contributed by atoms with E-state index in [0.717, 1.165) is 19.6 Å². The molecular weight excluding hydrogens is 356 g/mol. The van der Waals surface area contributed by atoms with Gasteiger partial charge in [0.25, 0.3) is 5.91 Å². The van der Waals surface area contributed by atoms with E-state index in [2.05, 4.69) is 24.1 Å². The normalized spacial score (nSPS) is 11.0. The van der Waals surface area contributed by atoms with Gasteiger partial charge in [0, 0.05) is 17.6 Å². The summed E-state index contributed by atoms with van der Waals surface area (Å²) in [5, 5.41) is 3.38. The number of nitrogens with one attached hydrogen (secondary N) is 1. The summed E-state index contributed by atoms with van der Waals surface area (Å²) in [5.41, 5.74) is 1.37. The predicted octanol–water partition coefficient (Wildman–Crippen LogP) is 3.90. The van der Waals surface area contributed by atoms with E-state index < -0.39 is 11.5 Å². The van der Waals surface area contributed by atoms with Crippen molar-refractivity contribution in [3.8, 4) is 5.75 Å². The van der Waals surface area contributed by atoms with Crippen LogP contribution in [0.25, 0.3) is 11.0 Å². The Labute approximate surface area is 163 Å². The van der Waals surface area contributed by atoms with Crippen LogP contribution in [0.1, 0.15) is 29.8 Å². The number of amides is 1. The van der Waals surface area contributed by atoms with Gasteiger partial charge in [0.1, 0.15) is 5.56 Å². The number of para-hydroxylation sites is 1. The van der Waals surface area contributed by atoms with Gasteiger partial charge in [-0.15, -0.1) is 0 Å². The molecule has 0 radical (unpaired) electrons. The van der Waals surface area contributed by atoms with E-state index in [1.54, 1.807) is 18.2 Å². The van der Waals surface area contributed by atoms with Gasteiger partial charge in [0.2, 0.25) is 0 Å². The lowest BCUT2D eigenvalue weighted by molar-refractivity contribution is 0.102. The number of rotatable bonds is 7. The maximum atomic E-state index is 12.6. The smallest absolute Gasteiger partial charge is 0.349 e. The van der Waals surface area contributed by atoms with E-state index in [1.807, 2.05) is 24.3 Å². The summed E-state index contributed by atoms with van der Waals surface area (Å²) in [4.78, 5) is 27.2. The summed E-state index contributed by atoms with van der Waals surface area (Å²) in [5.74, 6) is -0.0553. The molecule has 0 unspecified atom stereocenters. The maximum absolute atomic E-state index is 12.6.